The van der Waals surface area contributed by atoms with Crippen molar-refractivity contribution in [3.63, 3.8) is 0 Å². The first-order chi connectivity index (χ1) is 9.74. The Hall–Kier alpha value is -0.520. The normalized spacial score (nSPS) is 16.1. The van der Waals surface area contributed by atoms with E-state index in [1.54, 1.807) is 0 Å². The molecule has 0 radical (unpaired) electrons. The van der Waals surface area contributed by atoms with Gasteiger partial charge in [0.2, 0.25) is 5.91 Å². The lowest BCUT2D eigenvalue weighted by Crippen LogP contribution is -2.28. The van der Waals surface area contributed by atoms with Gasteiger partial charge in [0.1, 0.15) is 0 Å². The number of benzene rings is 1. The minimum atomic E-state index is 0.0971. The van der Waals surface area contributed by atoms with E-state index in [1.165, 1.54) is 0 Å². The van der Waals surface area contributed by atoms with Crippen molar-refractivity contribution < 1.29 is 9.53 Å². The van der Waals surface area contributed by atoms with Gasteiger partial charge in [0.05, 0.1) is 6.42 Å². The molecule has 1 aliphatic rings. The molecule has 5 heteroatoms. The fourth-order valence-corrected chi connectivity index (χ4v) is 3.45. The molecular formula is C15H20BrNO2S. The fourth-order valence-electron chi connectivity index (χ4n) is 2.11. The van der Waals surface area contributed by atoms with Crippen molar-refractivity contribution in [3.05, 3.63) is 34.3 Å². The second kappa shape index (κ2) is 8.70. The molecule has 1 fully saturated rings. The molecule has 1 saturated heterocycles. The number of carbonyl (C=O) groups excluding carboxylic acids is 1. The van der Waals surface area contributed by atoms with Crippen molar-refractivity contribution in [2.45, 2.75) is 24.5 Å². The molecule has 1 aromatic rings. The number of hydrogen-bond donors (Lipinski definition) is 1. The van der Waals surface area contributed by atoms with E-state index in [4.69, 9.17) is 4.74 Å². The zero-order valence-corrected chi connectivity index (χ0v) is 13.8. The van der Waals surface area contributed by atoms with E-state index < -0.39 is 0 Å². The number of hydrogen-bond acceptors (Lipinski definition) is 3. The first-order valence-electron chi connectivity index (χ1n) is 6.94. The molecule has 1 amide bonds. The van der Waals surface area contributed by atoms with Crippen LogP contribution in [0.3, 0.4) is 0 Å². The van der Waals surface area contributed by atoms with Crippen LogP contribution in [0.4, 0.5) is 0 Å². The average Bonchev–Trinajstić information content (AvgIpc) is 2.47. The lowest BCUT2D eigenvalue weighted by molar-refractivity contribution is -0.120. The maximum atomic E-state index is 11.8. The first-order valence-corrected chi connectivity index (χ1v) is 8.79. The minimum Gasteiger partial charge on any atom is -0.381 e. The second-order valence-corrected chi connectivity index (χ2v) is 7.16. The van der Waals surface area contributed by atoms with E-state index >= 15 is 0 Å². The molecule has 0 aromatic heterocycles. The fraction of sp³-hybridized carbons (Fsp3) is 0.533. The van der Waals surface area contributed by atoms with Gasteiger partial charge in [-0.3, -0.25) is 4.79 Å². The van der Waals surface area contributed by atoms with E-state index in [9.17, 15) is 4.79 Å². The third-order valence-electron chi connectivity index (χ3n) is 3.22. The molecular weight excluding hydrogens is 338 g/mol. The summed E-state index contributed by atoms with van der Waals surface area (Å²) >= 11 is 5.34. The number of amides is 1. The van der Waals surface area contributed by atoms with E-state index in [0.29, 0.717) is 11.7 Å². The summed E-state index contributed by atoms with van der Waals surface area (Å²) in [5.74, 6) is 1.08. The van der Waals surface area contributed by atoms with Gasteiger partial charge in [-0.1, -0.05) is 28.1 Å². The summed E-state index contributed by atoms with van der Waals surface area (Å²) in [4.78, 5) is 11.8. The molecule has 1 heterocycles. The van der Waals surface area contributed by atoms with E-state index in [0.717, 1.165) is 48.4 Å². The summed E-state index contributed by atoms with van der Waals surface area (Å²) in [6.45, 7) is 2.51. The van der Waals surface area contributed by atoms with Crippen molar-refractivity contribution in [2.24, 2.45) is 0 Å². The maximum absolute atomic E-state index is 11.8. The van der Waals surface area contributed by atoms with Crippen molar-refractivity contribution in [2.75, 3.05) is 25.5 Å². The Morgan fingerprint density at radius 3 is 2.70 bits per heavy atom. The van der Waals surface area contributed by atoms with Gasteiger partial charge in [-0.25, -0.2) is 0 Å². The number of nitrogens with one attached hydrogen (secondary N) is 1. The summed E-state index contributed by atoms with van der Waals surface area (Å²) in [5.41, 5.74) is 1.04. The van der Waals surface area contributed by atoms with E-state index in [-0.39, 0.29) is 5.91 Å². The Bertz CT molecular complexity index is 418. The Labute approximate surface area is 133 Å². The Morgan fingerprint density at radius 1 is 1.30 bits per heavy atom. The molecule has 0 atom stereocenters. The summed E-state index contributed by atoms with van der Waals surface area (Å²) in [5, 5.41) is 3.68. The Kier molecular flexibility index (Phi) is 6.90. The van der Waals surface area contributed by atoms with Gasteiger partial charge in [0.25, 0.3) is 0 Å². The molecule has 3 nitrogen and oxygen atoms in total. The van der Waals surface area contributed by atoms with Gasteiger partial charge in [0, 0.05) is 35.2 Å². The van der Waals surface area contributed by atoms with Crippen LogP contribution in [0.5, 0.6) is 0 Å². The third kappa shape index (κ3) is 5.85. The summed E-state index contributed by atoms with van der Waals surface area (Å²) in [7, 11) is 0. The predicted octanol–water partition coefficient (Wildman–Crippen LogP) is 3.02. The van der Waals surface area contributed by atoms with Crippen molar-refractivity contribution >= 4 is 33.6 Å². The van der Waals surface area contributed by atoms with Crippen LogP contribution in [0.2, 0.25) is 0 Å². The molecule has 0 bridgehead atoms. The quantitative estimate of drug-likeness (QED) is 0.795. The number of thioether (sulfide) groups is 1. The van der Waals surface area contributed by atoms with Gasteiger partial charge >= 0.3 is 0 Å². The van der Waals surface area contributed by atoms with E-state index in [2.05, 4.69) is 21.2 Å². The molecule has 110 valence electrons. The van der Waals surface area contributed by atoms with Crippen LogP contribution in [-0.2, 0) is 16.0 Å². The molecule has 20 heavy (non-hydrogen) atoms. The minimum absolute atomic E-state index is 0.0971. The molecule has 0 spiro atoms. The topological polar surface area (TPSA) is 38.3 Å². The molecule has 0 saturated carbocycles. The Morgan fingerprint density at radius 2 is 2.00 bits per heavy atom. The largest absolute Gasteiger partial charge is 0.381 e. The van der Waals surface area contributed by atoms with Crippen LogP contribution in [0.15, 0.2) is 28.7 Å². The van der Waals surface area contributed by atoms with Crippen LogP contribution >= 0.6 is 27.7 Å². The zero-order chi connectivity index (χ0) is 14.2. The molecule has 1 N–H and O–H groups in total. The molecule has 1 aromatic carbocycles. The van der Waals surface area contributed by atoms with Gasteiger partial charge in [-0.15, -0.1) is 0 Å². The van der Waals surface area contributed by atoms with Crippen LogP contribution < -0.4 is 5.32 Å². The van der Waals surface area contributed by atoms with Gasteiger partial charge in [-0.05, 0) is 30.5 Å². The second-order valence-electron chi connectivity index (χ2n) is 4.84. The van der Waals surface area contributed by atoms with Crippen LogP contribution in [0, 0.1) is 0 Å². The molecule has 0 unspecified atom stereocenters. The molecule has 2 rings (SSSR count). The number of rotatable bonds is 6. The first kappa shape index (κ1) is 15.9. The summed E-state index contributed by atoms with van der Waals surface area (Å²) < 4.78 is 6.37. The highest BCUT2D eigenvalue weighted by Gasteiger charge is 2.13. The van der Waals surface area contributed by atoms with Crippen LogP contribution in [0.1, 0.15) is 18.4 Å². The SMILES string of the molecule is O=C(Cc1ccc(Br)cc1)NCCSC1CCOCC1. The van der Waals surface area contributed by atoms with Gasteiger partial charge < -0.3 is 10.1 Å². The number of ether oxygens (including phenoxy) is 1. The average molecular weight is 358 g/mol. The van der Waals surface area contributed by atoms with Gasteiger partial charge in [-0.2, -0.15) is 11.8 Å². The van der Waals surface area contributed by atoms with Crippen molar-refractivity contribution in [1.29, 1.82) is 0 Å². The van der Waals surface area contributed by atoms with Crippen molar-refractivity contribution in [3.8, 4) is 0 Å². The highest BCUT2D eigenvalue weighted by Crippen LogP contribution is 2.21. The van der Waals surface area contributed by atoms with E-state index in [1.807, 2.05) is 36.0 Å². The summed E-state index contributed by atoms with van der Waals surface area (Å²) in [6, 6.07) is 7.87. The smallest absolute Gasteiger partial charge is 0.224 e. The predicted molar refractivity (Wildman–Crippen MR) is 87.2 cm³/mol. The monoisotopic (exact) mass is 357 g/mol. The zero-order valence-electron chi connectivity index (χ0n) is 11.4. The number of halogens is 1. The molecule has 0 aliphatic carbocycles. The maximum Gasteiger partial charge on any atom is 0.224 e. The third-order valence-corrected chi connectivity index (χ3v) is 5.14. The highest BCUT2D eigenvalue weighted by molar-refractivity contribution is 9.10. The van der Waals surface area contributed by atoms with Crippen LogP contribution in [-0.4, -0.2) is 36.7 Å². The summed E-state index contributed by atoms with van der Waals surface area (Å²) in [6.07, 6.45) is 2.73. The highest BCUT2D eigenvalue weighted by atomic mass is 79.9. The van der Waals surface area contributed by atoms with Crippen LogP contribution in [0.25, 0.3) is 0 Å². The lowest BCUT2D eigenvalue weighted by Gasteiger charge is -2.21. The molecule has 1 aliphatic heterocycles. The van der Waals surface area contributed by atoms with Crippen molar-refractivity contribution in [1.82, 2.24) is 5.32 Å². The number of carbonyl (C=O) groups is 1. The Balaban J connectivity index is 1.59. The standard InChI is InChI=1S/C15H20BrNO2S/c16-13-3-1-12(2-4-13)11-15(18)17-7-10-20-14-5-8-19-9-6-14/h1-4,14H,5-11H2,(H,17,18). The lowest BCUT2D eigenvalue weighted by atomic mass is 10.1. The van der Waals surface area contributed by atoms with Gasteiger partial charge in [0.15, 0.2) is 0 Å².